The van der Waals surface area contributed by atoms with Gasteiger partial charge < -0.3 is 10.3 Å². The first-order valence-corrected chi connectivity index (χ1v) is 7.43. The smallest absolute Gasteiger partial charge is 0.0531 e. The SMILES string of the molecule is CC(C)(N)c1cccc2ccn(CC3CCCC3)c12. The standard InChI is InChI=1S/C17H24N2/c1-17(2,18)15-9-5-8-14-10-11-19(16(14)15)12-13-6-3-4-7-13/h5,8-11,13H,3-4,6-7,12,18H2,1-2H3. The van der Waals surface area contributed by atoms with Gasteiger partial charge in [0.05, 0.1) is 5.52 Å². The molecule has 0 atom stereocenters. The summed E-state index contributed by atoms with van der Waals surface area (Å²) in [5.41, 5.74) is 8.65. The molecule has 1 aliphatic rings. The molecule has 19 heavy (non-hydrogen) atoms. The fraction of sp³-hybridized carbons (Fsp3) is 0.529. The highest BCUT2D eigenvalue weighted by atomic mass is 15.0. The van der Waals surface area contributed by atoms with Crippen molar-refractivity contribution in [2.75, 3.05) is 0 Å². The van der Waals surface area contributed by atoms with E-state index < -0.39 is 0 Å². The number of hydrogen-bond donors (Lipinski definition) is 1. The lowest BCUT2D eigenvalue weighted by Gasteiger charge is -2.22. The zero-order chi connectivity index (χ0) is 13.5. The molecule has 2 heteroatoms. The van der Waals surface area contributed by atoms with Gasteiger partial charge in [0.15, 0.2) is 0 Å². The Morgan fingerprint density at radius 3 is 2.63 bits per heavy atom. The second-order valence-corrected chi connectivity index (χ2v) is 6.58. The fourth-order valence-electron chi connectivity index (χ4n) is 3.40. The molecule has 2 N–H and O–H groups in total. The molecule has 2 nitrogen and oxygen atoms in total. The monoisotopic (exact) mass is 256 g/mol. The van der Waals surface area contributed by atoms with Gasteiger partial charge in [0, 0.05) is 18.3 Å². The summed E-state index contributed by atoms with van der Waals surface area (Å²) in [5, 5.41) is 1.31. The Morgan fingerprint density at radius 2 is 1.95 bits per heavy atom. The van der Waals surface area contributed by atoms with Crippen molar-refractivity contribution in [3.05, 3.63) is 36.0 Å². The molecule has 0 amide bonds. The summed E-state index contributed by atoms with van der Waals surface area (Å²) in [7, 11) is 0. The minimum Gasteiger partial charge on any atom is -0.347 e. The Hall–Kier alpha value is -1.28. The molecule has 0 unspecified atom stereocenters. The number of aromatic nitrogens is 1. The van der Waals surface area contributed by atoms with E-state index in [-0.39, 0.29) is 5.54 Å². The van der Waals surface area contributed by atoms with E-state index in [1.807, 2.05) is 0 Å². The number of nitrogens with zero attached hydrogens (tertiary/aromatic N) is 1. The van der Waals surface area contributed by atoms with Crippen molar-refractivity contribution >= 4 is 10.9 Å². The quantitative estimate of drug-likeness (QED) is 0.883. The van der Waals surface area contributed by atoms with Crippen molar-refractivity contribution in [1.82, 2.24) is 4.57 Å². The van der Waals surface area contributed by atoms with Gasteiger partial charge in [-0.05, 0) is 49.6 Å². The molecule has 0 saturated heterocycles. The van der Waals surface area contributed by atoms with Crippen LogP contribution in [0, 0.1) is 5.92 Å². The summed E-state index contributed by atoms with van der Waals surface area (Å²) >= 11 is 0. The van der Waals surface area contributed by atoms with Crippen molar-refractivity contribution in [2.45, 2.75) is 51.6 Å². The van der Waals surface area contributed by atoms with E-state index in [0.717, 1.165) is 12.5 Å². The van der Waals surface area contributed by atoms with Gasteiger partial charge in [-0.15, -0.1) is 0 Å². The lowest BCUT2D eigenvalue weighted by Crippen LogP contribution is -2.29. The van der Waals surface area contributed by atoms with E-state index in [1.165, 1.54) is 42.1 Å². The van der Waals surface area contributed by atoms with Gasteiger partial charge in [-0.2, -0.15) is 0 Å². The van der Waals surface area contributed by atoms with Crippen LogP contribution in [0.25, 0.3) is 10.9 Å². The van der Waals surface area contributed by atoms with Gasteiger partial charge in [-0.1, -0.05) is 31.0 Å². The Bertz CT molecular complexity index is 568. The van der Waals surface area contributed by atoms with Gasteiger partial charge in [-0.3, -0.25) is 0 Å². The van der Waals surface area contributed by atoms with E-state index >= 15 is 0 Å². The van der Waals surface area contributed by atoms with Crippen molar-refractivity contribution in [2.24, 2.45) is 11.7 Å². The molecule has 0 radical (unpaired) electrons. The molecule has 1 aromatic heterocycles. The molecule has 0 bridgehead atoms. The molecule has 102 valence electrons. The molecule has 2 aromatic rings. The third-order valence-corrected chi connectivity index (χ3v) is 4.41. The van der Waals surface area contributed by atoms with Crippen molar-refractivity contribution in [3.63, 3.8) is 0 Å². The van der Waals surface area contributed by atoms with Crippen LogP contribution in [-0.4, -0.2) is 4.57 Å². The van der Waals surface area contributed by atoms with Crippen LogP contribution in [0.3, 0.4) is 0 Å². The topological polar surface area (TPSA) is 30.9 Å². The zero-order valence-electron chi connectivity index (χ0n) is 12.0. The Balaban J connectivity index is 2.04. The number of rotatable bonds is 3. The van der Waals surface area contributed by atoms with Gasteiger partial charge in [0.2, 0.25) is 0 Å². The van der Waals surface area contributed by atoms with Crippen LogP contribution in [0.15, 0.2) is 30.5 Å². The molecule has 1 fully saturated rings. The summed E-state index contributed by atoms with van der Waals surface area (Å²) in [5.74, 6) is 0.851. The molecule has 1 saturated carbocycles. The van der Waals surface area contributed by atoms with Crippen LogP contribution < -0.4 is 5.73 Å². The minimum absolute atomic E-state index is 0.286. The summed E-state index contributed by atoms with van der Waals surface area (Å²) in [6.07, 6.45) is 7.80. The molecular formula is C17H24N2. The summed E-state index contributed by atoms with van der Waals surface area (Å²) in [6.45, 7) is 5.33. The molecule has 0 aliphatic heterocycles. The van der Waals surface area contributed by atoms with Crippen LogP contribution >= 0.6 is 0 Å². The average molecular weight is 256 g/mol. The second kappa shape index (κ2) is 4.68. The van der Waals surface area contributed by atoms with Crippen LogP contribution in [0.2, 0.25) is 0 Å². The lowest BCUT2D eigenvalue weighted by molar-refractivity contribution is 0.463. The Morgan fingerprint density at radius 1 is 1.21 bits per heavy atom. The number of para-hydroxylation sites is 1. The molecular weight excluding hydrogens is 232 g/mol. The number of benzene rings is 1. The van der Waals surface area contributed by atoms with E-state index in [4.69, 9.17) is 5.73 Å². The maximum Gasteiger partial charge on any atom is 0.0531 e. The average Bonchev–Trinajstić information content (AvgIpc) is 2.98. The van der Waals surface area contributed by atoms with Crippen molar-refractivity contribution in [3.8, 4) is 0 Å². The second-order valence-electron chi connectivity index (χ2n) is 6.58. The molecule has 1 aromatic carbocycles. The van der Waals surface area contributed by atoms with Crippen LogP contribution in [-0.2, 0) is 12.1 Å². The normalized spacial score (nSPS) is 17.4. The number of fused-ring (bicyclic) bond motifs is 1. The lowest BCUT2D eigenvalue weighted by atomic mass is 9.93. The maximum atomic E-state index is 6.35. The third kappa shape index (κ3) is 2.42. The van der Waals surface area contributed by atoms with E-state index in [1.54, 1.807) is 0 Å². The van der Waals surface area contributed by atoms with Gasteiger partial charge in [0.1, 0.15) is 0 Å². The Kier molecular flexibility index (Phi) is 3.14. The molecule has 1 heterocycles. The maximum absolute atomic E-state index is 6.35. The van der Waals surface area contributed by atoms with E-state index in [0.29, 0.717) is 0 Å². The highest BCUT2D eigenvalue weighted by Crippen LogP contribution is 2.31. The van der Waals surface area contributed by atoms with Gasteiger partial charge in [-0.25, -0.2) is 0 Å². The van der Waals surface area contributed by atoms with Crippen molar-refractivity contribution < 1.29 is 0 Å². The fourth-order valence-corrected chi connectivity index (χ4v) is 3.40. The third-order valence-electron chi connectivity index (χ3n) is 4.41. The van der Waals surface area contributed by atoms with Crippen LogP contribution in [0.4, 0.5) is 0 Å². The first-order chi connectivity index (χ1) is 9.05. The molecule has 3 rings (SSSR count). The highest BCUT2D eigenvalue weighted by molar-refractivity contribution is 5.84. The van der Waals surface area contributed by atoms with Crippen LogP contribution in [0.1, 0.15) is 45.1 Å². The first-order valence-electron chi connectivity index (χ1n) is 7.43. The van der Waals surface area contributed by atoms with E-state index in [9.17, 15) is 0 Å². The van der Waals surface area contributed by atoms with E-state index in [2.05, 4.69) is 48.9 Å². The summed E-state index contributed by atoms with van der Waals surface area (Å²) in [6, 6.07) is 8.70. The first kappa shape index (κ1) is 12.7. The summed E-state index contributed by atoms with van der Waals surface area (Å²) in [4.78, 5) is 0. The largest absolute Gasteiger partial charge is 0.347 e. The summed E-state index contributed by atoms with van der Waals surface area (Å²) < 4.78 is 2.43. The zero-order valence-corrected chi connectivity index (χ0v) is 12.0. The Labute approximate surface area is 115 Å². The van der Waals surface area contributed by atoms with Crippen molar-refractivity contribution in [1.29, 1.82) is 0 Å². The predicted octanol–water partition coefficient (Wildman–Crippen LogP) is 4.03. The van der Waals surface area contributed by atoms with Gasteiger partial charge in [0.25, 0.3) is 0 Å². The van der Waals surface area contributed by atoms with Gasteiger partial charge >= 0.3 is 0 Å². The number of nitrogens with two attached hydrogens (primary N) is 1. The molecule has 0 spiro atoms. The predicted molar refractivity (Wildman–Crippen MR) is 81.1 cm³/mol. The highest BCUT2D eigenvalue weighted by Gasteiger charge is 2.21. The van der Waals surface area contributed by atoms with Crippen LogP contribution in [0.5, 0.6) is 0 Å². The molecule has 1 aliphatic carbocycles. The minimum atomic E-state index is -0.286. The number of hydrogen-bond acceptors (Lipinski definition) is 1.